The number of amides is 1. The van der Waals surface area contributed by atoms with E-state index in [0.29, 0.717) is 22.9 Å². The van der Waals surface area contributed by atoms with Crippen LogP contribution in [-0.4, -0.2) is 13.0 Å². The minimum Gasteiger partial charge on any atom is -0.495 e. The van der Waals surface area contributed by atoms with Crippen LogP contribution in [0.25, 0.3) is 0 Å². The highest BCUT2D eigenvalue weighted by Crippen LogP contribution is 2.27. The lowest BCUT2D eigenvalue weighted by atomic mass is 9.97. The molecule has 0 fully saturated rings. The zero-order chi connectivity index (χ0) is 15.2. The molecule has 3 nitrogen and oxygen atoms in total. The third-order valence-corrected chi connectivity index (χ3v) is 3.59. The SMILES string of the molecule is COc1ccc(NC(=O)CC(C)c2ccccc2)cc1Cl. The minimum atomic E-state index is -0.0346. The molecule has 0 radical (unpaired) electrons. The van der Waals surface area contributed by atoms with Gasteiger partial charge in [-0.3, -0.25) is 4.79 Å². The topological polar surface area (TPSA) is 38.3 Å². The molecular weight excluding hydrogens is 286 g/mol. The third-order valence-electron chi connectivity index (χ3n) is 3.30. The molecule has 2 aromatic rings. The van der Waals surface area contributed by atoms with Crippen LogP contribution in [0.2, 0.25) is 5.02 Å². The summed E-state index contributed by atoms with van der Waals surface area (Å²) in [5, 5.41) is 3.33. The number of anilines is 1. The fourth-order valence-corrected chi connectivity index (χ4v) is 2.39. The Labute approximate surface area is 129 Å². The van der Waals surface area contributed by atoms with E-state index in [1.165, 1.54) is 0 Å². The van der Waals surface area contributed by atoms with Crippen LogP contribution in [0.4, 0.5) is 5.69 Å². The van der Waals surface area contributed by atoms with Crippen LogP contribution in [0.1, 0.15) is 24.8 Å². The molecule has 0 saturated heterocycles. The molecule has 0 saturated carbocycles. The van der Waals surface area contributed by atoms with Gasteiger partial charge >= 0.3 is 0 Å². The number of methoxy groups -OCH3 is 1. The van der Waals surface area contributed by atoms with Gasteiger partial charge in [0.1, 0.15) is 5.75 Å². The van der Waals surface area contributed by atoms with Gasteiger partial charge in [0.2, 0.25) is 5.91 Å². The van der Waals surface area contributed by atoms with Crippen molar-refractivity contribution < 1.29 is 9.53 Å². The van der Waals surface area contributed by atoms with E-state index in [1.54, 1.807) is 25.3 Å². The lowest BCUT2D eigenvalue weighted by molar-refractivity contribution is -0.116. The fourth-order valence-electron chi connectivity index (χ4n) is 2.13. The van der Waals surface area contributed by atoms with Crippen molar-refractivity contribution in [3.63, 3.8) is 0 Å². The molecule has 0 aliphatic heterocycles. The molecule has 0 spiro atoms. The molecule has 0 aromatic heterocycles. The van der Waals surface area contributed by atoms with Crippen molar-refractivity contribution in [3.05, 3.63) is 59.1 Å². The Morgan fingerprint density at radius 1 is 1.24 bits per heavy atom. The standard InChI is InChI=1S/C17H18ClNO2/c1-12(13-6-4-3-5-7-13)10-17(20)19-14-8-9-16(21-2)15(18)11-14/h3-9,11-12H,10H2,1-2H3,(H,19,20). The van der Waals surface area contributed by atoms with Gasteiger partial charge in [-0.15, -0.1) is 0 Å². The Morgan fingerprint density at radius 2 is 1.95 bits per heavy atom. The summed E-state index contributed by atoms with van der Waals surface area (Å²) in [5.74, 6) is 0.722. The van der Waals surface area contributed by atoms with E-state index in [0.717, 1.165) is 5.56 Å². The number of carbonyl (C=O) groups excluding carboxylic acids is 1. The van der Waals surface area contributed by atoms with Crippen molar-refractivity contribution in [2.45, 2.75) is 19.3 Å². The molecule has 110 valence electrons. The second-order valence-corrected chi connectivity index (χ2v) is 5.32. The van der Waals surface area contributed by atoms with Crippen LogP contribution in [0.15, 0.2) is 48.5 Å². The van der Waals surface area contributed by atoms with Gasteiger partial charge in [0, 0.05) is 12.1 Å². The molecule has 1 amide bonds. The molecule has 4 heteroatoms. The van der Waals surface area contributed by atoms with Gasteiger partial charge in [-0.2, -0.15) is 0 Å². The minimum absolute atomic E-state index is 0.0346. The predicted molar refractivity (Wildman–Crippen MR) is 86.1 cm³/mol. The molecule has 0 aliphatic carbocycles. The first-order valence-corrected chi connectivity index (χ1v) is 7.16. The summed E-state index contributed by atoms with van der Waals surface area (Å²) in [5.41, 5.74) is 1.83. The lowest BCUT2D eigenvalue weighted by Gasteiger charge is -2.12. The summed E-state index contributed by atoms with van der Waals surface area (Å²) in [7, 11) is 1.56. The van der Waals surface area contributed by atoms with E-state index in [-0.39, 0.29) is 11.8 Å². The van der Waals surface area contributed by atoms with Crippen molar-refractivity contribution in [2.24, 2.45) is 0 Å². The molecule has 1 N–H and O–H groups in total. The molecule has 1 unspecified atom stereocenters. The first-order valence-electron chi connectivity index (χ1n) is 6.78. The van der Waals surface area contributed by atoms with Gasteiger partial charge in [-0.25, -0.2) is 0 Å². The van der Waals surface area contributed by atoms with Crippen molar-refractivity contribution >= 4 is 23.2 Å². The molecule has 2 aromatic carbocycles. The average molecular weight is 304 g/mol. The van der Waals surface area contributed by atoms with E-state index < -0.39 is 0 Å². The Balaban J connectivity index is 1.97. The van der Waals surface area contributed by atoms with E-state index in [9.17, 15) is 4.79 Å². The lowest BCUT2D eigenvalue weighted by Crippen LogP contribution is -2.14. The predicted octanol–water partition coefficient (Wildman–Crippen LogP) is 4.48. The smallest absolute Gasteiger partial charge is 0.224 e. The Morgan fingerprint density at radius 3 is 2.57 bits per heavy atom. The number of halogens is 1. The number of rotatable bonds is 5. The zero-order valence-electron chi connectivity index (χ0n) is 12.1. The highest BCUT2D eigenvalue weighted by molar-refractivity contribution is 6.32. The number of hydrogen-bond donors (Lipinski definition) is 1. The maximum Gasteiger partial charge on any atom is 0.224 e. The van der Waals surface area contributed by atoms with Crippen LogP contribution in [-0.2, 0) is 4.79 Å². The summed E-state index contributed by atoms with van der Waals surface area (Å²) in [4.78, 5) is 12.1. The normalized spacial score (nSPS) is 11.8. The maximum atomic E-state index is 12.1. The number of ether oxygens (including phenoxy) is 1. The van der Waals surface area contributed by atoms with Crippen LogP contribution in [0, 0.1) is 0 Å². The summed E-state index contributed by atoms with van der Waals surface area (Å²) < 4.78 is 5.08. The largest absolute Gasteiger partial charge is 0.495 e. The summed E-state index contributed by atoms with van der Waals surface area (Å²) in [6.45, 7) is 2.04. The fraction of sp³-hybridized carbons (Fsp3) is 0.235. The quantitative estimate of drug-likeness (QED) is 0.884. The van der Waals surface area contributed by atoms with Gasteiger partial charge in [0.25, 0.3) is 0 Å². The second kappa shape index (κ2) is 7.14. The summed E-state index contributed by atoms with van der Waals surface area (Å²) >= 11 is 6.04. The van der Waals surface area contributed by atoms with Gasteiger partial charge in [-0.05, 0) is 29.7 Å². The van der Waals surface area contributed by atoms with Gasteiger partial charge in [0.15, 0.2) is 0 Å². The van der Waals surface area contributed by atoms with Gasteiger partial charge < -0.3 is 10.1 Å². The van der Waals surface area contributed by atoms with Crippen molar-refractivity contribution in [2.75, 3.05) is 12.4 Å². The van der Waals surface area contributed by atoms with E-state index in [4.69, 9.17) is 16.3 Å². The Bertz CT molecular complexity index is 613. The number of hydrogen-bond acceptors (Lipinski definition) is 2. The number of carbonyl (C=O) groups is 1. The Hall–Kier alpha value is -2.00. The Kier molecular flexibility index (Phi) is 5.23. The molecule has 2 rings (SSSR count). The zero-order valence-corrected chi connectivity index (χ0v) is 12.9. The van der Waals surface area contributed by atoms with Crippen LogP contribution >= 0.6 is 11.6 Å². The van der Waals surface area contributed by atoms with E-state index >= 15 is 0 Å². The average Bonchev–Trinajstić information content (AvgIpc) is 2.48. The third kappa shape index (κ3) is 4.23. The first kappa shape index (κ1) is 15.4. The molecule has 0 bridgehead atoms. The molecule has 0 aliphatic rings. The van der Waals surface area contributed by atoms with Crippen molar-refractivity contribution in [3.8, 4) is 5.75 Å². The maximum absolute atomic E-state index is 12.1. The highest BCUT2D eigenvalue weighted by Gasteiger charge is 2.12. The highest BCUT2D eigenvalue weighted by atomic mass is 35.5. The summed E-state index contributed by atoms with van der Waals surface area (Å²) in [6.07, 6.45) is 0.424. The van der Waals surface area contributed by atoms with E-state index in [2.05, 4.69) is 5.32 Å². The molecule has 0 heterocycles. The molecular formula is C17H18ClNO2. The van der Waals surface area contributed by atoms with Crippen LogP contribution in [0.5, 0.6) is 5.75 Å². The van der Waals surface area contributed by atoms with Crippen molar-refractivity contribution in [1.29, 1.82) is 0 Å². The number of benzene rings is 2. The molecule has 21 heavy (non-hydrogen) atoms. The van der Waals surface area contributed by atoms with Crippen LogP contribution in [0.3, 0.4) is 0 Å². The van der Waals surface area contributed by atoms with Crippen LogP contribution < -0.4 is 10.1 Å². The first-order chi connectivity index (χ1) is 10.1. The second-order valence-electron chi connectivity index (χ2n) is 4.91. The number of nitrogens with one attached hydrogen (secondary N) is 1. The monoisotopic (exact) mass is 303 g/mol. The van der Waals surface area contributed by atoms with Gasteiger partial charge in [0.05, 0.1) is 12.1 Å². The molecule has 1 atom stereocenters. The van der Waals surface area contributed by atoms with E-state index in [1.807, 2.05) is 37.3 Å². The van der Waals surface area contributed by atoms with Crippen molar-refractivity contribution in [1.82, 2.24) is 0 Å². The summed E-state index contributed by atoms with van der Waals surface area (Å²) in [6, 6.07) is 15.2. The van der Waals surface area contributed by atoms with Gasteiger partial charge in [-0.1, -0.05) is 48.9 Å².